The van der Waals surface area contributed by atoms with Crippen molar-refractivity contribution in [3.05, 3.63) is 34.5 Å². The summed E-state index contributed by atoms with van der Waals surface area (Å²) in [6.45, 7) is 9.39. The van der Waals surface area contributed by atoms with E-state index in [1.807, 2.05) is 0 Å². The summed E-state index contributed by atoms with van der Waals surface area (Å²) in [6, 6.07) is 2.62. The monoisotopic (exact) mass is 209 g/mol. The first-order valence-corrected chi connectivity index (χ1v) is 6.08. The Labute approximate surface area is 90.9 Å². The van der Waals surface area contributed by atoms with E-state index in [0.29, 0.717) is 6.04 Å². The highest BCUT2D eigenvalue weighted by atomic mass is 32.1. The van der Waals surface area contributed by atoms with Crippen molar-refractivity contribution in [1.82, 2.24) is 5.32 Å². The fraction of sp³-hybridized carbons (Fsp3) is 0.500. The van der Waals surface area contributed by atoms with Gasteiger partial charge in [0.25, 0.3) is 0 Å². The molecule has 1 atom stereocenters. The van der Waals surface area contributed by atoms with Crippen molar-refractivity contribution >= 4 is 11.3 Å². The standard InChI is InChI=1S/C12H19NS/c1-4-6-13-12(10(2)3)8-11-5-7-14-9-11/h5,7,9,12-13H,2,4,6,8H2,1,3H3. The fourth-order valence-corrected chi connectivity index (χ4v) is 2.07. The minimum Gasteiger partial charge on any atom is -0.310 e. The Bertz CT molecular complexity index is 264. The van der Waals surface area contributed by atoms with Crippen LogP contribution in [0.3, 0.4) is 0 Å². The summed E-state index contributed by atoms with van der Waals surface area (Å²) in [5, 5.41) is 7.85. The number of hydrogen-bond acceptors (Lipinski definition) is 2. The molecule has 0 saturated carbocycles. The third kappa shape index (κ3) is 3.64. The summed E-state index contributed by atoms with van der Waals surface area (Å²) in [7, 11) is 0. The lowest BCUT2D eigenvalue weighted by atomic mass is 10.0. The molecule has 1 aromatic rings. The van der Waals surface area contributed by atoms with Crippen molar-refractivity contribution in [1.29, 1.82) is 0 Å². The normalized spacial score (nSPS) is 12.7. The van der Waals surface area contributed by atoms with Crippen LogP contribution in [0.4, 0.5) is 0 Å². The second-order valence-electron chi connectivity index (χ2n) is 3.69. The number of rotatable bonds is 6. The van der Waals surface area contributed by atoms with E-state index in [-0.39, 0.29) is 0 Å². The van der Waals surface area contributed by atoms with Gasteiger partial charge < -0.3 is 5.32 Å². The van der Waals surface area contributed by atoms with Crippen molar-refractivity contribution in [2.24, 2.45) is 0 Å². The molecule has 0 aliphatic carbocycles. The van der Waals surface area contributed by atoms with Crippen molar-refractivity contribution in [2.75, 3.05) is 6.54 Å². The molecule has 1 rings (SSSR count). The second kappa shape index (κ2) is 5.99. The lowest BCUT2D eigenvalue weighted by molar-refractivity contribution is 0.564. The van der Waals surface area contributed by atoms with Crippen molar-refractivity contribution in [3.8, 4) is 0 Å². The van der Waals surface area contributed by atoms with E-state index in [1.54, 1.807) is 11.3 Å². The zero-order valence-corrected chi connectivity index (χ0v) is 9.86. The zero-order chi connectivity index (χ0) is 10.4. The van der Waals surface area contributed by atoms with E-state index in [9.17, 15) is 0 Å². The van der Waals surface area contributed by atoms with Crippen LogP contribution >= 0.6 is 11.3 Å². The molecule has 1 aromatic heterocycles. The van der Waals surface area contributed by atoms with E-state index in [1.165, 1.54) is 17.6 Å². The molecule has 2 heteroatoms. The summed E-state index contributed by atoms with van der Waals surface area (Å²) >= 11 is 1.76. The first kappa shape index (κ1) is 11.5. The van der Waals surface area contributed by atoms with Crippen molar-refractivity contribution in [2.45, 2.75) is 32.7 Å². The number of hydrogen-bond donors (Lipinski definition) is 1. The molecule has 0 spiro atoms. The Morgan fingerprint density at radius 3 is 2.93 bits per heavy atom. The smallest absolute Gasteiger partial charge is 0.0315 e. The van der Waals surface area contributed by atoms with Gasteiger partial charge in [-0.25, -0.2) is 0 Å². The molecule has 0 aliphatic rings. The first-order valence-electron chi connectivity index (χ1n) is 5.14. The molecule has 0 aromatic carbocycles. The molecular formula is C12H19NS. The maximum Gasteiger partial charge on any atom is 0.0315 e. The van der Waals surface area contributed by atoms with Crippen LogP contribution in [-0.4, -0.2) is 12.6 Å². The Kier molecular flexibility index (Phi) is 4.91. The third-order valence-corrected chi connectivity index (χ3v) is 2.99. The van der Waals surface area contributed by atoms with E-state index in [0.717, 1.165) is 13.0 Å². The van der Waals surface area contributed by atoms with Crippen molar-refractivity contribution < 1.29 is 0 Å². The lowest BCUT2D eigenvalue weighted by Crippen LogP contribution is -2.32. The van der Waals surface area contributed by atoms with Gasteiger partial charge in [-0.3, -0.25) is 0 Å². The second-order valence-corrected chi connectivity index (χ2v) is 4.47. The molecule has 0 amide bonds. The minimum atomic E-state index is 0.435. The molecule has 0 radical (unpaired) electrons. The average Bonchev–Trinajstić information content (AvgIpc) is 2.64. The lowest BCUT2D eigenvalue weighted by Gasteiger charge is -2.17. The molecule has 0 fully saturated rings. The largest absolute Gasteiger partial charge is 0.310 e. The quantitative estimate of drug-likeness (QED) is 0.709. The zero-order valence-electron chi connectivity index (χ0n) is 9.05. The molecule has 78 valence electrons. The molecule has 1 heterocycles. The Morgan fingerprint density at radius 1 is 1.64 bits per heavy atom. The maximum atomic E-state index is 4.03. The van der Waals surface area contributed by atoms with Gasteiger partial charge in [0.05, 0.1) is 0 Å². The molecule has 0 saturated heterocycles. The predicted molar refractivity (Wildman–Crippen MR) is 64.9 cm³/mol. The van der Waals surface area contributed by atoms with Gasteiger partial charge in [0.15, 0.2) is 0 Å². The van der Waals surface area contributed by atoms with Crippen molar-refractivity contribution in [3.63, 3.8) is 0 Å². The molecule has 0 aliphatic heterocycles. The molecule has 1 unspecified atom stereocenters. The van der Waals surface area contributed by atoms with Gasteiger partial charge >= 0.3 is 0 Å². The molecule has 14 heavy (non-hydrogen) atoms. The molecule has 1 N–H and O–H groups in total. The van der Waals surface area contributed by atoms with Crippen LogP contribution < -0.4 is 5.32 Å². The van der Waals surface area contributed by atoms with Gasteiger partial charge in [0.1, 0.15) is 0 Å². The van der Waals surface area contributed by atoms with Crippen LogP contribution in [0.5, 0.6) is 0 Å². The van der Waals surface area contributed by atoms with Crippen LogP contribution in [0, 0.1) is 0 Å². The first-order chi connectivity index (χ1) is 6.74. The highest BCUT2D eigenvalue weighted by Crippen LogP contribution is 2.12. The fourth-order valence-electron chi connectivity index (χ4n) is 1.38. The highest BCUT2D eigenvalue weighted by Gasteiger charge is 2.08. The van der Waals surface area contributed by atoms with Crippen LogP contribution in [0.25, 0.3) is 0 Å². The van der Waals surface area contributed by atoms with E-state index >= 15 is 0 Å². The number of thiophene rings is 1. The topological polar surface area (TPSA) is 12.0 Å². The summed E-state index contributed by atoms with van der Waals surface area (Å²) < 4.78 is 0. The Balaban J connectivity index is 2.47. The maximum absolute atomic E-state index is 4.03. The van der Waals surface area contributed by atoms with Gasteiger partial charge in [0.2, 0.25) is 0 Å². The minimum absolute atomic E-state index is 0.435. The number of nitrogens with one attached hydrogen (secondary N) is 1. The summed E-state index contributed by atoms with van der Waals surface area (Å²) in [4.78, 5) is 0. The third-order valence-electron chi connectivity index (χ3n) is 2.26. The summed E-state index contributed by atoms with van der Waals surface area (Å²) in [6.07, 6.45) is 2.24. The van der Waals surface area contributed by atoms with Gasteiger partial charge in [-0.15, -0.1) is 0 Å². The van der Waals surface area contributed by atoms with Gasteiger partial charge in [-0.1, -0.05) is 19.1 Å². The molecule has 1 nitrogen and oxygen atoms in total. The SMILES string of the molecule is C=C(C)C(Cc1ccsc1)NCCC. The van der Waals surface area contributed by atoms with Gasteiger partial charge in [-0.2, -0.15) is 11.3 Å². The van der Waals surface area contributed by atoms with E-state index < -0.39 is 0 Å². The summed E-state index contributed by atoms with van der Waals surface area (Å²) in [5.41, 5.74) is 2.64. The Morgan fingerprint density at radius 2 is 2.43 bits per heavy atom. The molecular weight excluding hydrogens is 190 g/mol. The van der Waals surface area contributed by atoms with E-state index in [2.05, 4.69) is 42.6 Å². The molecule has 0 bridgehead atoms. The van der Waals surface area contributed by atoms with E-state index in [4.69, 9.17) is 0 Å². The summed E-state index contributed by atoms with van der Waals surface area (Å²) in [5.74, 6) is 0. The van der Waals surface area contributed by atoms with Crippen LogP contribution in [0.15, 0.2) is 29.0 Å². The average molecular weight is 209 g/mol. The van der Waals surface area contributed by atoms with Gasteiger partial charge in [0, 0.05) is 6.04 Å². The highest BCUT2D eigenvalue weighted by molar-refractivity contribution is 7.07. The predicted octanol–water partition coefficient (Wildman–Crippen LogP) is 3.23. The van der Waals surface area contributed by atoms with Gasteiger partial charge in [-0.05, 0) is 48.7 Å². The van der Waals surface area contributed by atoms with Crippen LogP contribution in [-0.2, 0) is 6.42 Å². The Hall–Kier alpha value is -0.600. The van der Waals surface area contributed by atoms with Crippen LogP contribution in [0.1, 0.15) is 25.8 Å². The van der Waals surface area contributed by atoms with Crippen LogP contribution in [0.2, 0.25) is 0 Å².